The van der Waals surface area contributed by atoms with Gasteiger partial charge >= 0.3 is 0 Å². The van der Waals surface area contributed by atoms with E-state index in [4.69, 9.17) is 10.5 Å². The molecule has 19 heavy (non-hydrogen) atoms. The Labute approximate surface area is 114 Å². The minimum Gasteiger partial charge on any atom is -0.371 e. The van der Waals surface area contributed by atoms with Gasteiger partial charge in [0.05, 0.1) is 0 Å². The van der Waals surface area contributed by atoms with Crippen LogP contribution in [-0.4, -0.2) is 41.4 Å². The maximum atomic E-state index is 6.12. The summed E-state index contributed by atoms with van der Waals surface area (Å²) in [6.45, 7) is 8.06. The molecule has 6 heteroatoms. The normalized spacial score (nSPS) is 27.3. The van der Waals surface area contributed by atoms with Crippen molar-refractivity contribution in [2.75, 3.05) is 25.1 Å². The summed E-state index contributed by atoms with van der Waals surface area (Å²) in [7, 11) is 1.70. The molecule has 2 heterocycles. The predicted molar refractivity (Wildman–Crippen MR) is 75.0 cm³/mol. The Kier molecular flexibility index (Phi) is 4.10. The highest BCUT2D eigenvalue weighted by Crippen LogP contribution is 2.27. The summed E-state index contributed by atoms with van der Waals surface area (Å²) in [5, 5.41) is 7.32. The summed E-state index contributed by atoms with van der Waals surface area (Å²) in [5.41, 5.74) is 5.71. The van der Waals surface area contributed by atoms with Gasteiger partial charge in [0.1, 0.15) is 5.60 Å². The van der Waals surface area contributed by atoms with Crippen LogP contribution in [0.3, 0.4) is 0 Å². The van der Waals surface area contributed by atoms with E-state index in [9.17, 15) is 0 Å². The molecule has 0 radical (unpaired) electrons. The van der Waals surface area contributed by atoms with Gasteiger partial charge in [0.15, 0.2) is 5.82 Å². The van der Waals surface area contributed by atoms with E-state index in [-0.39, 0.29) is 6.04 Å². The Morgan fingerprint density at radius 3 is 2.89 bits per heavy atom. The minimum atomic E-state index is -0.406. The number of rotatable bonds is 4. The van der Waals surface area contributed by atoms with E-state index >= 15 is 0 Å². The molecular formula is C13H25N5O. The van der Waals surface area contributed by atoms with Gasteiger partial charge in [-0.25, -0.2) is 0 Å². The van der Waals surface area contributed by atoms with Crippen LogP contribution in [-0.2, 0) is 10.3 Å². The van der Waals surface area contributed by atoms with Crippen molar-refractivity contribution in [2.45, 2.75) is 45.3 Å². The third-order valence-electron chi connectivity index (χ3n) is 4.40. The van der Waals surface area contributed by atoms with E-state index in [1.165, 1.54) is 0 Å². The first kappa shape index (κ1) is 14.3. The second-order valence-electron chi connectivity index (χ2n) is 5.65. The molecule has 3 N–H and O–H groups in total. The number of ether oxygens (including phenoxy) is 1. The summed E-state index contributed by atoms with van der Waals surface area (Å²) >= 11 is 0. The minimum absolute atomic E-state index is 0.190. The molecule has 1 saturated heterocycles. The zero-order chi connectivity index (χ0) is 14.0. The number of nitrogens with one attached hydrogen (secondary N) is 1. The average Bonchev–Trinajstić information content (AvgIpc) is 2.91. The molecule has 0 aliphatic carbocycles. The first-order valence-corrected chi connectivity index (χ1v) is 6.98. The number of aromatic nitrogens is 3. The Balaban J connectivity index is 2.13. The molecule has 0 spiro atoms. The second kappa shape index (κ2) is 5.46. The molecule has 3 atom stereocenters. The number of anilines is 1. The Hall–Kier alpha value is -1.14. The largest absolute Gasteiger partial charge is 0.371 e. The summed E-state index contributed by atoms with van der Waals surface area (Å²) in [4.78, 5) is 6.74. The molecule has 1 aromatic heterocycles. The molecule has 2 rings (SSSR count). The number of methoxy groups -OCH3 is 1. The van der Waals surface area contributed by atoms with Crippen molar-refractivity contribution in [3.8, 4) is 0 Å². The van der Waals surface area contributed by atoms with E-state index in [0.717, 1.165) is 37.7 Å². The molecule has 6 nitrogen and oxygen atoms in total. The van der Waals surface area contributed by atoms with Crippen molar-refractivity contribution in [1.82, 2.24) is 15.2 Å². The molecule has 108 valence electrons. The lowest BCUT2D eigenvalue weighted by atomic mass is 9.95. The lowest BCUT2D eigenvalue weighted by Gasteiger charge is -2.34. The molecule has 3 unspecified atom stereocenters. The van der Waals surface area contributed by atoms with Crippen molar-refractivity contribution >= 4 is 5.95 Å². The van der Waals surface area contributed by atoms with Crippen LogP contribution in [0.15, 0.2) is 0 Å². The first-order chi connectivity index (χ1) is 9.00. The van der Waals surface area contributed by atoms with E-state index in [0.29, 0.717) is 5.92 Å². The standard InChI is InChI=1S/C13H25N5O/c1-5-13(3,19-4)11-15-12(17-16-11)18-7-6-9(2)10(14)8-18/h9-10H,5-8,14H2,1-4H3,(H,15,16,17). The fourth-order valence-corrected chi connectivity index (χ4v) is 2.32. The van der Waals surface area contributed by atoms with Gasteiger partial charge in [-0.05, 0) is 25.7 Å². The van der Waals surface area contributed by atoms with Crippen LogP contribution in [0.1, 0.15) is 39.4 Å². The Bertz CT molecular complexity index is 415. The summed E-state index contributed by atoms with van der Waals surface area (Å²) < 4.78 is 5.53. The number of nitrogens with zero attached hydrogens (tertiary/aromatic N) is 3. The van der Waals surface area contributed by atoms with Crippen molar-refractivity contribution in [3.63, 3.8) is 0 Å². The number of hydrogen-bond donors (Lipinski definition) is 2. The van der Waals surface area contributed by atoms with Crippen LogP contribution in [0.2, 0.25) is 0 Å². The maximum absolute atomic E-state index is 6.12. The fourth-order valence-electron chi connectivity index (χ4n) is 2.32. The first-order valence-electron chi connectivity index (χ1n) is 6.98. The summed E-state index contributed by atoms with van der Waals surface area (Å²) in [6.07, 6.45) is 1.93. The smallest absolute Gasteiger partial charge is 0.244 e. The van der Waals surface area contributed by atoms with E-state index in [1.54, 1.807) is 7.11 Å². The Morgan fingerprint density at radius 1 is 1.58 bits per heavy atom. The molecule has 0 aromatic carbocycles. The SMILES string of the molecule is CCC(C)(OC)c1nc(N2CCC(C)C(N)C2)n[nH]1. The number of hydrogen-bond acceptors (Lipinski definition) is 5. The summed E-state index contributed by atoms with van der Waals surface area (Å²) in [5.74, 6) is 2.07. The molecule has 1 aliphatic heterocycles. The van der Waals surface area contributed by atoms with Crippen LogP contribution in [0, 0.1) is 5.92 Å². The zero-order valence-corrected chi connectivity index (χ0v) is 12.3. The average molecular weight is 267 g/mol. The molecule has 1 aromatic rings. The van der Waals surface area contributed by atoms with Crippen molar-refractivity contribution in [1.29, 1.82) is 0 Å². The predicted octanol–water partition coefficient (Wildman–Crippen LogP) is 1.25. The van der Waals surface area contributed by atoms with Crippen LogP contribution in [0.4, 0.5) is 5.95 Å². The van der Waals surface area contributed by atoms with E-state index in [2.05, 4.69) is 33.9 Å². The zero-order valence-electron chi connectivity index (χ0n) is 12.3. The highest BCUT2D eigenvalue weighted by molar-refractivity contribution is 5.31. The van der Waals surface area contributed by atoms with Crippen LogP contribution in [0.25, 0.3) is 0 Å². The van der Waals surface area contributed by atoms with Gasteiger partial charge in [0, 0.05) is 26.2 Å². The van der Waals surface area contributed by atoms with Crippen molar-refractivity contribution in [3.05, 3.63) is 5.82 Å². The number of piperidine rings is 1. The quantitative estimate of drug-likeness (QED) is 0.858. The molecule has 1 fully saturated rings. The molecule has 0 bridgehead atoms. The van der Waals surface area contributed by atoms with Gasteiger partial charge in [0.25, 0.3) is 0 Å². The van der Waals surface area contributed by atoms with Crippen LogP contribution in [0.5, 0.6) is 0 Å². The molecular weight excluding hydrogens is 242 g/mol. The monoisotopic (exact) mass is 267 g/mol. The van der Waals surface area contributed by atoms with Gasteiger partial charge in [-0.1, -0.05) is 13.8 Å². The lowest BCUT2D eigenvalue weighted by molar-refractivity contribution is -0.00865. The van der Waals surface area contributed by atoms with Gasteiger partial charge in [0.2, 0.25) is 5.95 Å². The van der Waals surface area contributed by atoms with Crippen LogP contribution >= 0.6 is 0 Å². The maximum Gasteiger partial charge on any atom is 0.244 e. The number of H-pyrrole nitrogens is 1. The highest BCUT2D eigenvalue weighted by atomic mass is 16.5. The van der Waals surface area contributed by atoms with Crippen molar-refractivity contribution in [2.24, 2.45) is 11.7 Å². The van der Waals surface area contributed by atoms with Gasteiger partial charge in [-0.2, -0.15) is 4.98 Å². The van der Waals surface area contributed by atoms with Gasteiger partial charge < -0.3 is 15.4 Å². The van der Waals surface area contributed by atoms with Gasteiger partial charge in [-0.3, -0.25) is 5.10 Å². The van der Waals surface area contributed by atoms with Crippen LogP contribution < -0.4 is 10.6 Å². The Morgan fingerprint density at radius 2 is 2.32 bits per heavy atom. The topological polar surface area (TPSA) is 80.1 Å². The third kappa shape index (κ3) is 2.74. The van der Waals surface area contributed by atoms with Gasteiger partial charge in [-0.15, -0.1) is 5.10 Å². The molecule has 0 saturated carbocycles. The van der Waals surface area contributed by atoms with E-state index < -0.39 is 5.60 Å². The lowest BCUT2D eigenvalue weighted by Crippen LogP contribution is -2.48. The molecule has 1 aliphatic rings. The second-order valence-corrected chi connectivity index (χ2v) is 5.65. The van der Waals surface area contributed by atoms with E-state index in [1.807, 2.05) is 6.92 Å². The summed E-state index contributed by atoms with van der Waals surface area (Å²) in [6, 6.07) is 0.190. The fraction of sp³-hybridized carbons (Fsp3) is 0.846. The molecule has 0 amide bonds. The number of aromatic amines is 1. The highest BCUT2D eigenvalue weighted by Gasteiger charge is 2.30. The van der Waals surface area contributed by atoms with Crippen molar-refractivity contribution < 1.29 is 4.74 Å². The third-order valence-corrected chi connectivity index (χ3v) is 4.40. The number of nitrogens with two attached hydrogens (primary N) is 1.